The molecule has 0 aliphatic rings. The maximum absolute atomic E-state index is 13.9. The van der Waals surface area contributed by atoms with Crippen molar-refractivity contribution in [1.29, 1.82) is 0 Å². The van der Waals surface area contributed by atoms with Gasteiger partial charge in [0, 0.05) is 24.2 Å². The van der Waals surface area contributed by atoms with E-state index in [-0.39, 0.29) is 22.5 Å². The first kappa shape index (κ1) is 14.0. The second kappa shape index (κ2) is 6.16. The zero-order valence-electron chi connectivity index (χ0n) is 10.2. The Balaban J connectivity index is 2.32. The maximum atomic E-state index is 13.9. The predicted octanol–water partition coefficient (Wildman–Crippen LogP) is 3.02. The minimum atomic E-state index is -0.579. The number of hydrogen-bond donors (Lipinski definition) is 1. The number of halogens is 3. The summed E-state index contributed by atoms with van der Waals surface area (Å²) >= 11 is 3.06. The molecule has 6 heteroatoms. The fourth-order valence-electron chi connectivity index (χ4n) is 1.81. The molecular weight excluding hydrogens is 316 g/mol. The molecule has 0 fully saturated rings. The van der Waals surface area contributed by atoms with Crippen molar-refractivity contribution in [1.82, 2.24) is 15.3 Å². The van der Waals surface area contributed by atoms with Gasteiger partial charge in [0.25, 0.3) is 0 Å². The normalized spacial score (nSPS) is 12.4. The lowest BCUT2D eigenvalue weighted by molar-refractivity contribution is 0.506. The summed E-state index contributed by atoms with van der Waals surface area (Å²) < 4.78 is 27.9. The van der Waals surface area contributed by atoms with Gasteiger partial charge in [0.15, 0.2) is 0 Å². The first-order valence-corrected chi connectivity index (χ1v) is 6.48. The lowest BCUT2D eigenvalue weighted by atomic mass is 10.0. The number of likely N-dealkylation sites (N-methyl/N-ethyl adjacent to an activating group) is 1. The van der Waals surface area contributed by atoms with Gasteiger partial charge in [0.1, 0.15) is 11.6 Å². The summed E-state index contributed by atoms with van der Waals surface area (Å²) in [6, 6.07) is 2.29. The molecule has 0 spiro atoms. The van der Waals surface area contributed by atoms with Gasteiger partial charge >= 0.3 is 0 Å². The summed E-state index contributed by atoms with van der Waals surface area (Å²) in [5.41, 5.74) is 0.670. The molecule has 0 amide bonds. The van der Waals surface area contributed by atoms with E-state index in [1.165, 1.54) is 12.1 Å². The fraction of sp³-hybridized carbons (Fsp3) is 0.231. The second-order valence-electron chi connectivity index (χ2n) is 4.00. The standard InChI is InChI=1S/C13H12BrF2N3/c1-17-11(12-7-18-4-5-19-12)6-8-10(15)3-2-9(14)13(8)16/h2-5,7,11,17H,6H2,1H3. The van der Waals surface area contributed by atoms with Crippen LogP contribution in [0.15, 0.2) is 35.2 Å². The Hall–Kier alpha value is -1.40. The average Bonchev–Trinajstić information content (AvgIpc) is 2.44. The quantitative estimate of drug-likeness (QED) is 0.877. The molecule has 100 valence electrons. The van der Waals surface area contributed by atoms with Crippen LogP contribution in [0, 0.1) is 11.6 Å². The van der Waals surface area contributed by atoms with Crippen molar-refractivity contribution in [3.63, 3.8) is 0 Å². The average molecular weight is 328 g/mol. The Bertz CT molecular complexity index is 563. The van der Waals surface area contributed by atoms with E-state index in [4.69, 9.17) is 0 Å². The van der Waals surface area contributed by atoms with Crippen molar-refractivity contribution < 1.29 is 8.78 Å². The van der Waals surface area contributed by atoms with E-state index in [0.29, 0.717) is 5.69 Å². The number of benzene rings is 1. The Morgan fingerprint density at radius 2 is 2.11 bits per heavy atom. The first-order valence-electron chi connectivity index (χ1n) is 5.69. The van der Waals surface area contributed by atoms with Crippen molar-refractivity contribution in [2.45, 2.75) is 12.5 Å². The second-order valence-corrected chi connectivity index (χ2v) is 4.85. The number of rotatable bonds is 4. The van der Waals surface area contributed by atoms with Crippen LogP contribution in [0.5, 0.6) is 0 Å². The molecule has 1 unspecified atom stereocenters. The molecule has 0 saturated heterocycles. The molecule has 1 atom stereocenters. The third-order valence-electron chi connectivity index (χ3n) is 2.84. The Kier molecular flexibility index (Phi) is 4.55. The first-order chi connectivity index (χ1) is 9.13. The van der Waals surface area contributed by atoms with Gasteiger partial charge in [0.2, 0.25) is 0 Å². The van der Waals surface area contributed by atoms with Gasteiger partial charge in [-0.05, 0) is 41.5 Å². The lowest BCUT2D eigenvalue weighted by Gasteiger charge is -2.16. The molecule has 3 nitrogen and oxygen atoms in total. The summed E-state index contributed by atoms with van der Waals surface area (Å²) in [6.07, 6.45) is 4.84. The molecule has 2 aromatic rings. The molecule has 2 rings (SSSR count). The number of aromatic nitrogens is 2. The Morgan fingerprint density at radius 1 is 1.32 bits per heavy atom. The highest BCUT2D eigenvalue weighted by molar-refractivity contribution is 9.10. The molecule has 0 radical (unpaired) electrons. The highest BCUT2D eigenvalue weighted by Gasteiger charge is 2.19. The van der Waals surface area contributed by atoms with Crippen molar-refractivity contribution in [3.8, 4) is 0 Å². The molecule has 19 heavy (non-hydrogen) atoms. The number of nitrogens with one attached hydrogen (secondary N) is 1. The van der Waals surface area contributed by atoms with E-state index >= 15 is 0 Å². The smallest absolute Gasteiger partial charge is 0.143 e. The van der Waals surface area contributed by atoms with Crippen LogP contribution in [0.1, 0.15) is 17.3 Å². The third-order valence-corrected chi connectivity index (χ3v) is 3.45. The van der Waals surface area contributed by atoms with Gasteiger partial charge < -0.3 is 5.32 Å². The van der Waals surface area contributed by atoms with Gasteiger partial charge in [-0.2, -0.15) is 0 Å². The highest BCUT2D eigenvalue weighted by atomic mass is 79.9. The molecule has 1 aromatic carbocycles. The fourth-order valence-corrected chi connectivity index (χ4v) is 2.18. The van der Waals surface area contributed by atoms with Crippen molar-refractivity contribution in [2.24, 2.45) is 0 Å². The van der Waals surface area contributed by atoms with E-state index in [0.717, 1.165) is 0 Å². The minimum Gasteiger partial charge on any atom is -0.311 e. The topological polar surface area (TPSA) is 37.8 Å². The predicted molar refractivity (Wildman–Crippen MR) is 71.6 cm³/mol. The SMILES string of the molecule is CNC(Cc1c(F)ccc(Br)c1F)c1cnccn1. The summed E-state index contributed by atoms with van der Waals surface area (Å²) in [5.74, 6) is -1.14. The molecule has 0 aliphatic carbocycles. The zero-order chi connectivity index (χ0) is 13.8. The van der Waals surface area contributed by atoms with Crippen LogP contribution in [0.2, 0.25) is 0 Å². The van der Waals surface area contributed by atoms with E-state index in [1.54, 1.807) is 25.6 Å². The number of nitrogens with zero attached hydrogens (tertiary/aromatic N) is 2. The molecule has 1 N–H and O–H groups in total. The van der Waals surface area contributed by atoms with Crippen LogP contribution >= 0.6 is 15.9 Å². The maximum Gasteiger partial charge on any atom is 0.143 e. The van der Waals surface area contributed by atoms with Crippen LogP contribution in [0.3, 0.4) is 0 Å². The van der Waals surface area contributed by atoms with Crippen LogP contribution in [-0.4, -0.2) is 17.0 Å². The van der Waals surface area contributed by atoms with Crippen LogP contribution in [0.25, 0.3) is 0 Å². The summed E-state index contributed by atoms with van der Waals surface area (Å²) in [6.45, 7) is 0. The third kappa shape index (κ3) is 3.13. The van der Waals surface area contributed by atoms with E-state index in [9.17, 15) is 8.78 Å². The monoisotopic (exact) mass is 327 g/mol. The van der Waals surface area contributed by atoms with Crippen molar-refractivity contribution >= 4 is 15.9 Å². The van der Waals surface area contributed by atoms with Crippen LogP contribution in [0.4, 0.5) is 8.78 Å². The summed E-state index contributed by atoms with van der Waals surface area (Å²) in [5, 5.41) is 2.99. The van der Waals surface area contributed by atoms with Crippen LogP contribution < -0.4 is 5.32 Å². The van der Waals surface area contributed by atoms with Gasteiger partial charge in [-0.25, -0.2) is 8.78 Å². The molecule has 0 aliphatic heterocycles. The molecule has 1 heterocycles. The van der Waals surface area contributed by atoms with Crippen LogP contribution in [-0.2, 0) is 6.42 Å². The van der Waals surface area contributed by atoms with Gasteiger partial charge in [0.05, 0.1) is 16.2 Å². The van der Waals surface area contributed by atoms with E-state index in [2.05, 4.69) is 31.2 Å². The Labute approximate surface area is 118 Å². The lowest BCUT2D eigenvalue weighted by Crippen LogP contribution is -2.21. The molecule has 0 saturated carbocycles. The van der Waals surface area contributed by atoms with Gasteiger partial charge in [-0.3, -0.25) is 9.97 Å². The van der Waals surface area contributed by atoms with Crippen molar-refractivity contribution in [2.75, 3.05) is 7.05 Å². The highest BCUT2D eigenvalue weighted by Crippen LogP contribution is 2.25. The van der Waals surface area contributed by atoms with E-state index < -0.39 is 11.6 Å². The summed E-state index contributed by atoms with van der Waals surface area (Å²) in [7, 11) is 1.72. The molecule has 0 bridgehead atoms. The van der Waals surface area contributed by atoms with E-state index in [1.807, 2.05) is 0 Å². The van der Waals surface area contributed by atoms with Gasteiger partial charge in [-0.15, -0.1) is 0 Å². The largest absolute Gasteiger partial charge is 0.311 e. The number of hydrogen-bond acceptors (Lipinski definition) is 3. The van der Waals surface area contributed by atoms with Crippen molar-refractivity contribution in [3.05, 3.63) is 58.1 Å². The zero-order valence-corrected chi connectivity index (χ0v) is 11.8. The molecular formula is C13H12BrF2N3. The van der Waals surface area contributed by atoms with Gasteiger partial charge in [-0.1, -0.05) is 0 Å². The molecule has 1 aromatic heterocycles. The summed E-state index contributed by atoms with van der Waals surface area (Å²) in [4.78, 5) is 8.10. The minimum absolute atomic E-state index is 0.0272. The Morgan fingerprint density at radius 3 is 2.74 bits per heavy atom.